The molecule has 0 fully saturated rings. The zero-order valence-corrected chi connectivity index (χ0v) is 15.9. The third kappa shape index (κ3) is 3.32. The van der Waals surface area contributed by atoms with Crippen molar-refractivity contribution in [2.45, 2.75) is 58.0 Å². The number of aryl methyl sites for hydroxylation is 1. The maximum atomic E-state index is 12.0. The molecule has 1 atom stereocenters. The molecule has 0 amide bonds. The van der Waals surface area contributed by atoms with E-state index in [1.807, 2.05) is 32.0 Å². The van der Waals surface area contributed by atoms with Crippen LogP contribution in [-0.2, 0) is 27.2 Å². The number of aromatic nitrogens is 1. The lowest BCUT2D eigenvalue weighted by Crippen LogP contribution is -2.44. The van der Waals surface area contributed by atoms with Crippen LogP contribution in [0, 0.1) is 5.92 Å². The number of esters is 1. The molecule has 5 nitrogen and oxygen atoms in total. The summed E-state index contributed by atoms with van der Waals surface area (Å²) in [6.07, 6.45) is 3.24. The van der Waals surface area contributed by atoms with E-state index in [1.54, 1.807) is 0 Å². The zero-order chi connectivity index (χ0) is 18.9. The highest BCUT2D eigenvalue weighted by Crippen LogP contribution is 2.42. The van der Waals surface area contributed by atoms with Gasteiger partial charge in [-0.05, 0) is 49.8 Å². The number of nitrogens with one attached hydrogen (secondary N) is 1. The van der Waals surface area contributed by atoms with E-state index in [9.17, 15) is 9.59 Å². The average Bonchev–Trinajstić information content (AvgIpc) is 2.98. The number of aliphatic carboxylic acids is 1. The predicted molar refractivity (Wildman–Crippen MR) is 100 cm³/mol. The fourth-order valence-corrected chi connectivity index (χ4v) is 4.62. The molecule has 1 unspecified atom stereocenters. The third-order valence-electron chi connectivity index (χ3n) is 5.71. The van der Waals surface area contributed by atoms with Gasteiger partial charge in [-0.25, -0.2) is 0 Å². The van der Waals surface area contributed by atoms with Crippen molar-refractivity contribution >= 4 is 34.4 Å². The molecule has 2 aromatic rings. The van der Waals surface area contributed by atoms with E-state index in [1.165, 1.54) is 5.56 Å². The Morgan fingerprint density at radius 1 is 1.35 bits per heavy atom. The second-order valence-electron chi connectivity index (χ2n) is 7.00. The van der Waals surface area contributed by atoms with Crippen molar-refractivity contribution in [1.29, 1.82) is 0 Å². The first-order valence-electron chi connectivity index (χ1n) is 9.11. The summed E-state index contributed by atoms with van der Waals surface area (Å²) < 4.78 is 5.74. The fourth-order valence-electron chi connectivity index (χ4n) is 4.33. The number of H-pyrrole nitrogens is 1. The van der Waals surface area contributed by atoms with Crippen LogP contribution < -0.4 is 0 Å². The van der Waals surface area contributed by atoms with Crippen LogP contribution in [0.15, 0.2) is 18.2 Å². The van der Waals surface area contributed by atoms with Gasteiger partial charge in [0.2, 0.25) is 0 Å². The summed E-state index contributed by atoms with van der Waals surface area (Å²) >= 11 is 6.39. The summed E-state index contributed by atoms with van der Waals surface area (Å²) in [4.78, 5) is 26.3. The number of ether oxygens (including phenoxy) is 1. The zero-order valence-electron chi connectivity index (χ0n) is 15.1. The van der Waals surface area contributed by atoms with Crippen LogP contribution in [0.3, 0.4) is 0 Å². The van der Waals surface area contributed by atoms with Crippen molar-refractivity contribution in [1.82, 2.24) is 4.98 Å². The average molecular weight is 378 g/mol. The maximum Gasteiger partial charge on any atom is 0.317 e. The molecule has 3 rings (SSSR count). The second kappa shape index (κ2) is 7.31. The number of rotatable bonds is 6. The first kappa shape index (κ1) is 18.8. The predicted octanol–water partition coefficient (Wildman–Crippen LogP) is 4.50. The summed E-state index contributed by atoms with van der Waals surface area (Å²) in [7, 11) is 0. The van der Waals surface area contributed by atoms with Crippen LogP contribution >= 0.6 is 11.6 Å². The molecule has 0 saturated heterocycles. The maximum absolute atomic E-state index is 12.0. The number of fused-ring (bicyclic) bond motifs is 3. The molecule has 1 aliphatic carbocycles. The SMILES string of the molecule is CCC(CC)(OC(=O)CC(=O)O)C1CCc2c([nH]c3cccc(Cl)c23)C1. The largest absolute Gasteiger partial charge is 0.481 e. The van der Waals surface area contributed by atoms with Crippen molar-refractivity contribution in [2.24, 2.45) is 5.92 Å². The Labute approximate surface area is 157 Å². The van der Waals surface area contributed by atoms with Crippen molar-refractivity contribution in [2.75, 3.05) is 0 Å². The Hall–Kier alpha value is -2.01. The molecule has 6 heteroatoms. The fraction of sp³-hybridized carbons (Fsp3) is 0.500. The van der Waals surface area contributed by atoms with Crippen LogP contribution in [0.2, 0.25) is 5.02 Å². The first-order chi connectivity index (χ1) is 12.4. The molecular formula is C20H24ClNO4. The van der Waals surface area contributed by atoms with Gasteiger partial charge in [0.15, 0.2) is 0 Å². The van der Waals surface area contributed by atoms with E-state index in [0.29, 0.717) is 12.8 Å². The van der Waals surface area contributed by atoms with E-state index in [-0.39, 0.29) is 5.92 Å². The van der Waals surface area contributed by atoms with Gasteiger partial charge < -0.3 is 14.8 Å². The van der Waals surface area contributed by atoms with Gasteiger partial charge in [0.25, 0.3) is 0 Å². The molecule has 1 aromatic carbocycles. The number of carbonyl (C=O) groups is 2. The smallest absolute Gasteiger partial charge is 0.317 e. The van der Waals surface area contributed by atoms with E-state index < -0.39 is 24.0 Å². The van der Waals surface area contributed by atoms with E-state index in [2.05, 4.69) is 4.98 Å². The standard InChI is InChI=1S/C20H24ClNO4/c1-3-20(4-2,26-18(25)11-17(23)24)12-8-9-13-16(10-12)22-15-7-5-6-14(21)19(13)15/h5-7,12,22H,3-4,8-11H2,1-2H3,(H,23,24). The van der Waals surface area contributed by atoms with Gasteiger partial charge in [-0.2, -0.15) is 0 Å². The van der Waals surface area contributed by atoms with Crippen LogP contribution in [0.25, 0.3) is 10.9 Å². The number of halogens is 1. The number of hydrogen-bond acceptors (Lipinski definition) is 3. The molecule has 1 aromatic heterocycles. The Morgan fingerprint density at radius 2 is 2.08 bits per heavy atom. The summed E-state index contributed by atoms with van der Waals surface area (Å²) in [6.45, 7) is 3.99. The number of carbonyl (C=O) groups excluding carboxylic acids is 1. The topological polar surface area (TPSA) is 79.4 Å². The molecular weight excluding hydrogens is 354 g/mol. The van der Waals surface area contributed by atoms with Gasteiger partial charge in [0.05, 0.1) is 5.02 Å². The monoisotopic (exact) mass is 377 g/mol. The molecule has 1 aliphatic rings. The summed E-state index contributed by atoms with van der Waals surface area (Å²) in [5.41, 5.74) is 2.79. The molecule has 140 valence electrons. The highest BCUT2D eigenvalue weighted by atomic mass is 35.5. The van der Waals surface area contributed by atoms with Crippen molar-refractivity contribution < 1.29 is 19.4 Å². The first-order valence-corrected chi connectivity index (χ1v) is 9.49. The Balaban J connectivity index is 1.89. The van der Waals surface area contributed by atoms with Crippen LogP contribution in [-0.4, -0.2) is 27.6 Å². The quantitative estimate of drug-likeness (QED) is 0.573. The third-order valence-corrected chi connectivity index (χ3v) is 6.03. The van der Waals surface area contributed by atoms with E-state index in [4.69, 9.17) is 21.4 Å². The minimum absolute atomic E-state index is 0.148. The lowest BCUT2D eigenvalue weighted by atomic mass is 9.73. The van der Waals surface area contributed by atoms with E-state index >= 15 is 0 Å². The van der Waals surface area contributed by atoms with Gasteiger partial charge >= 0.3 is 11.9 Å². The highest BCUT2D eigenvalue weighted by molar-refractivity contribution is 6.35. The van der Waals surface area contributed by atoms with Crippen molar-refractivity contribution in [3.05, 3.63) is 34.5 Å². The molecule has 0 aliphatic heterocycles. The summed E-state index contributed by atoms with van der Waals surface area (Å²) in [5.74, 6) is -1.67. The number of carboxylic acids is 1. The number of carboxylic acid groups (broad SMARTS) is 1. The normalized spacial score (nSPS) is 17.1. The van der Waals surface area contributed by atoms with Gasteiger partial charge in [0.1, 0.15) is 12.0 Å². The lowest BCUT2D eigenvalue weighted by Gasteiger charge is -2.41. The van der Waals surface area contributed by atoms with Crippen LogP contribution in [0.1, 0.15) is 50.8 Å². The molecule has 2 N–H and O–H groups in total. The Bertz CT molecular complexity index is 838. The minimum Gasteiger partial charge on any atom is -0.481 e. The second-order valence-corrected chi connectivity index (χ2v) is 7.41. The van der Waals surface area contributed by atoms with E-state index in [0.717, 1.165) is 40.9 Å². The number of benzene rings is 1. The van der Waals surface area contributed by atoms with Crippen molar-refractivity contribution in [3.63, 3.8) is 0 Å². The molecule has 0 bridgehead atoms. The summed E-state index contributed by atoms with van der Waals surface area (Å²) in [5, 5.41) is 10.7. The van der Waals surface area contributed by atoms with Crippen molar-refractivity contribution in [3.8, 4) is 0 Å². The van der Waals surface area contributed by atoms with Gasteiger partial charge in [-0.15, -0.1) is 0 Å². The van der Waals surface area contributed by atoms with Gasteiger partial charge in [-0.3, -0.25) is 9.59 Å². The number of hydrogen-bond donors (Lipinski definition) is 2. The summed E-state index contributed by atoms with van der Waals surface area (Å²) in [6, 6.07) is 5.86. The molecule has 1 heterocycles. The Morgan fingerprint density at radius 3 is 2.73 bits per heavy atom. The van der Waals surface area contributed by atoms with Gasteiger partial charge in [0, 0.05) is 22.5 Å². The molecule has 26 heavy (non-hydrogen) atoms. The van der Waals surface area contributed by atoms with Gasteiger partial charge in [-0.1, -0.05) is 31.5 Å². The minimum atomic E-state index is -1.16. The molecule has 0 saturated carbocycles. The highest BCUT2D eigenvalue weighted by Gasteiger charge is 2.42. The number of aromatic amines is 1. The van der Waals surface area contributed by atoms with Crippen LogP contribution in [0.4, 0.5) is 0 Å². The lowest BCUT2D eigenvalue weighted by molar-refractivity contribution is -0.171. The van der Waals surface area contributed by atoms with Crippen LogP contribution in [0.5, 0.6) is 0 Å². The molecule has 0 spiro atoms. The molecule has 0 radical (unpaired) electrons. The Kier molecular flexibility index (Phi) is 5.28.